The Balaban J connectivity index is 3.13. The van der Waals surface area contributed by atoms with Gasteiger partial charge in [0.1, 0.15) is 0 Å². The summed E-state index contributed by atoms with van der Waals surface area (Å²) in [6.45, 7) is 1.94. The van der Waals surface area contributed by atoms with E-state index in [1.165, 1.54) is 6.20 Å². The van der Waals surface area contributed by atoms with Crippen molar-refractivity contribution in [2.24, 2.45) is 0 Å². The van der Waals surface area contributed by atoms with Gasteiger partial charge < -0.3 is 5.21 Å². The van der Waals surface area contributed by atoms with E-state index in [-0.39, 0.29) is 0 Å². The van der Waals surface area contributed by atoms with Gasteiger partial charge >= 0.3 is 0 Å². The lowest BCUT2D eigenvalue weighted by molar-refractivity contribution is -0.614. The third kappa shape index (κ3) is 1.63. The van der Waals surface area contributed by atoms with E-state index in [0.29, 0.717) is 5.88 Å². The molecule has 0 aliphatic rings. The first-order valence-corrected chi connectivity index (χ1v) is 4.09. The summed E-state index contributed by atoms with van der Waals surface area (Å²) in [5, 5.41) is 11.1. The molecule has 0 bridgehead atoms. The second-order valence-corrected chi connectivity index (χ2v) is 2.56. The lowest BCUT2D eigenvalue weighted by Crippen LogP contribution is -2.32. The molecule has 1 heterocycles. The van der Waals surface area contributed by atoms with Crippen molar-refractivity contribution in [2.45, 2.75) is 19.2 Å². The molecule has 0 saturated carbocycles. The third-order valence-corrected chi connectivity index (χ3v) is 1.92. The second-order valence-electron chi connectivity index (χ2n) is 2.29. The maximum absolute atomic E-state index is 11.1. The third-order valence-electron chi connectivity index (χ3n) is 1.63. The highest BCUT2D eigenvalue weighted by atomic mass is 35.5. The van der Waals surface area contributed by atoms with Crippen LogP contribution < -0.4 is 4.73 Å². The highest BCUT2D eigenvalue weighted by Crippen LogP contribution is 2.06. The highest BCUT2D eigenvalue weighted by molar-refractivity contribution is 6.17. The predicted molar refractivity (Wildman–Crippen MR) is 44.3 cm³/mol. The van der Waals surface area contributed by atoms with Gasteiger partial charge in [0.05, 0.1) is 5.88 Å². The molecule has 0 aliphatic heterocycles. The number of pyridine rings is 1. The van der Waals surface area contributed by atoms with Crippen molar-refractivity contribution in [1.29, 1.82) is 0 Å². The van der Waals surface area contributed by atoms with Crippen LogP contribution in [0.25, 0.3) is 0 Å². The zero-order valence-corrected chi connectivity index (χ0v) is 7.14. The van der Waals surface area contributed by atoms with E-state index in [4.69, 9.17) is 11.6 Å². The molecule has 0 fully saturated rings. The van der Waals surface area contributed by atoms with Crippen LogP contribution in [0, 0.1) is 5.21 Å². The van der Waals surface area contributed by atoms with Crippen LogP contribution in [0.15, 0.2) is 18.3 Å². The van der Waals surface area contributed by atoms with E-state index >= 15 is 0 Å². The Bertz CT molecular complexity index is 250. The van der Waals surface area contributed by atoms with Gasteiger partial charge in [0.15, 0.2) is 11.9 Å². The number of nitrogens with zero attached hydrogens (tertiary/aromatic N) is 1. The van der Waals surface area contributed by atoms with E-state index in [0.717, 1.165) is 22.4 Å². The van der Waals surface area contributed by atoms with Crippen molar-refractivity contribution < 1.29 is 4.73 Å². The second kappa shape index (κ2) is 3.58. The van der Waals surface area contributed by atoms with Crippen LogP contribution in [0.5, 0.6) is 0 Å². The fraction of sp³-hybridized carbons (Fsp3) is 0.375. The van der Waals surface area contributed by atoms with Crippen molar-refractivity contribution in [3.8, 4) is 0 Å². The molecule has 0 saturated heterocycles. The Hall–Kier alpha value is -0.760. The van der Waals surface area contributed by atoms with Crippen molar-refractivity contribution in [1.82, 2.24) is 0 Å². The highest BCUT2D eigenvalue weighted by Gasteiger charge is 2.07. The summed E-state index contributed by atoms with van der Waals surface area (Å²) in [6, 6.07) is 3.59. The number of hydrogen-bond donors (Lipinski definition) is 0. The van der Waals surface area contributed by atoms with Crippen molar-refractivity contribution in [3.05, 3.63) is 34.8 Å². The van der Waals surface area contributed by atoms with Gasteiger partial charge in [-0.25, -0.2) is 0 Å². The molecule has 0 unspecified atom stereocenters. The van der Waals surface area contributed by atoms with Gasteiger partial charge in [0.25, 0.3) is 0 Å². The van der Waals surface area contributed by atoms with Gasteiger partial charge in [-0.15, -0.1) is 11.6 Å². The SMILES string of the molecule is CCc1c(CCl)ccc[n+]1[O-]. The Labute approximate surface area is 71.0 Å². The fourth-order valence-corrected chi connectivity index (χ4v) is 1.31. The number of alkyl halides is 1. The average molecular weight is 172 g/mol. The predicted octanol–water partition coefficient (Wildman–Crippen LogP) is 1.62. The van der Waals surface area contributed by atoms with E-state index < -0.39 is 0 Å². The Morgan fingerprint density at radius 2 is 2.36 bits per heavy atom. The Morgan fingerprint density at radius 1 is 1.64 bits per heavy atom. The molecule has 3 heteroatoms. The van der Waals surface area contributed by atoms with Crippen LogP contribution in [0.4, 0.5) is 0 Å². The van der Waals surface area contributed by atoms with Gasteiger partial charge in [-0.1, -0.05) is 6.92 Å². The molecule has 0 atom stereocenters. The summed E-state index contributed by atoms with van der Waals surface area (Å²) in [7, 11) is 0. The van der Waals surface area contributed by atoms with Crippen LogP contribution in [0.2, 0.25) is 0 Å². The van der Waals surface area contributed by atoms with Crippen LogP contribution in [-0.4, -0.2) is 0 Å². The van der Waals surface area contributed by atoms with Gasteiger partial charge in [0.2, 0.25) is 0 Å². The molecular formula is C8H10ClNO. The van der Waals surface area contributed by atoms with Crippen molar-refractivity contribution in [2.75, 3.05) is 0 Å². The fourth-order valence-electron chi connectivity index (χ4n) is 1.07. The molecule has 0 amide bonds. The van der Waals surface area contributed by atoms with E-state index in [9.17, 15) is 5.21 Å². The summed E-state index contributed by atoms with van der Waals surface area (Å²) in [5.74, 6) is 0.409. The smallest absolute Gasteiger partial charge is 0.196 e. The van der Waals surface area contributed by atoms with Gasteiger partial charge in [-0.05, 0) is 6.07 Å². The average Bonchev–Trinajstić information content (AvgIpc) is 2.04. The van der Waals surface area contributed by atoms with Gasteiger partial charge in [-0.3, -0.25) is 0 Å². The quantitative estimate of drug-likeness (QED) is 0.378. The lowest BCUT2D eigenvalue weighted by atomic mass is 10.2. The van der Waals surface area contributed by atoms with Crippen molar-refractivity contribution in [3.63, 3.8) is 0 Å². The summed E-state index contributed by atoms with van der Waals surface area (Å²) in [4.78, 5) is 0. The van der Waals surface area contributed by atoms with E-state index in [2.05, 4.69) is 0 Å². The normalized spacial score (nSPS) is 10.0. The first-order valence-electron chi connectivity index (χ1n) is 3.55. The molecule has 60 valence electrons. The standard InChI is InChI=1S/C8H10ClNO/c1-2-8-7(6-9)4-3-5-10(8)11/h3-5H,2,6H2,1H3. The minimum atomic E-state index is 0.409. The molecule has 11 heavy (non-hydrogen) atoms. The number of hydrogen-bond acceptors (Lipinski definition) is 1. The maximum Gasteiger partial charge on any atom is 0.196 e. The summed E-state index contributed by atoms with van der Waals surface area (Å²) >= 11 is 5.63. The summed E-state index contributed by atoms with van der Waals surface area (Å²) < 4.78 is 0.873. The molecule has 0 radical (unpaired) electrons. The number of aromatic nitrogens is 1. The minimum absolute atomic E-state index is 0.409. The molecular weight excluding hydrogens is 162 g/mol. The molecule has 0 aromatic carbocycles. The number of rotatable bonds is 2. The van der Waals surface area contributed by atoms with E-state index in [1.807, 2.05) is 13.0 Å². The molecule has 1 rings (SSSR count). The van der Waals surface area contributed by atoms with Crippen LogP contribution in [-0.2, 0) is 12.3 Å². The maximum atomic E-state index is 11.1. The largest absolute Gasteiger partial charge is 0.618 e. The van der Waals surface area contributed by atoms with Gasteiger partial charge in [0, 0.05) is 18.1 Å². The Kier molecular flexibility index (Phi) is 2.71. The van der Waals surface area contributed by atoms with Crippen LogP contribution >= 0.6 is 11.6 Å². The minimum Gasteiger partial charge on any atom is -0.618 e. The van der Waals surface area contributed by atoms with Crippen molar-refractivity contribution >= 4 is 11.6 Å². The first-order chi connectivity index (χ1) is 5.29. The number of halogens is 1. The Morgan fingerprint density at radius 3 is 2.82 bits per heavy atom. The zero-order valence-electron chi connectivity index (χ0n) is 6.38. The molecule has 0 spiro atoms. The molecule has 0 aliphatic carbocycles. The van der Waals surface area contributed by atoms with E-state index in [1.54, 1.807) is 6.07 Å². The monoisotopic (exact) mass is 171 g/mol. The summed E-state index contributed by atoms with van der Waals surface area (Å²) in [5.41, 5.74) is 1.69. The lowest BCUT2D eigenvalue weighted by Gasteiger charge is -2.04. The zero-order chi connectivity index (χ0) is 8.27. The summed E-state index contributed by atoms with van der Waals surface area (Å²) in [6.07, 6.45) is 2.22. The topological polar surface area (TPSA) is 26.9 Å². The van der Waals surface area contributed by atoms with Crippen LogP contribution in [0.3, 0.4) is 0 Å². The van der Waals surface area contributed by atoms with Crippen LogP contribution in [0.1, 0.15) is 18.2 Å². The van der Waals surface area contributed by atoms with Gasteiger partial charge in [-0.2, -0.15) is 4.73 Å². The molecule has 2 nitrogen and oxygen atoms in total. The molecule has 0 N–H and O–H groups in total. The molecule has 1 aromatic heterocycles. The first kappa shape index (κ1) is 8.34. The molecule has 1 aromatic rings.